The number of benzene rings is 1. The van der Waals surface area contributed by atoms with Gasteiger partial charge >= 0.3 is 0 Å². The normalized spacial score (nSPS) is 16.1. The maximum Gasteiger partial charge on any atom is 0.295 e. The highest BCUT2D eigenvalue weighted by atomic mass is 16.2. The molecule has 0 aromatic heterocycles. The smallest absolute Gasteiger partial charge is 0.295 e. The van der Waals surface area contributed by atoms with Crippen LogP contribution in [-0.2, 0) is 10.2 Å². The Labute approximate surface area is 120 Å². The molecule has 1 aliphatic rings. The van der Waals surface area contributed by atoms with E-state index in [2.05, 4.69) is 26.1 Å². The second-order valence-corrected chi connectivity index (χ2v) is 6.20. The van der Waals surface area contributed by atoms with Crippen molar-refractivity contribution >= 4 is 11.7 Å². The van der Waals surface area contributed by atoms with Crippen molar-refractivity contribution in [2.24, 2.45) is 0 Å². The van der Waals surface area contributed by atoms with Crippen LogP contribution in [0.3, 0.4) is 0 Å². The van der Waals surface area contributed by atoms with E-state index in [9.17, 15) is 9.59 Å². The summed E-state index contributed by atoms with van der Waals surface area (Å²) in [6.07, 6.45) is 0. The van der Waals surface area contributed by atoms with Gasteiger partial charge in [-0.25, -0.2) is 0 Å². The van der Waals surface area contributed by atoms with Gasteiger partial charge in [0.25, 0.3) is 5.91 Å². The molecule has 0 bridgehead atoms. The summed E-state index contributed by atoms with van der Waals surface area (Å²) in [5.41, 5.74) is 1.68. The molecule has 1 N–H and O–H groups in total. The SMILES string of the molecule is CC(C)(C)c1ccc(C(=O)C(=O)N2CCNCC2)cc1. The zero-order valence-electron chi connectivity index (χ0n) is 12.4. The first-order chi connectivity index (χ1) is 9.39. The van der Waals surface area contributed by atoms with Gasteiger partial charge < -0.3 is 10.2 Å². The highest BCUT2D eigenvalue weighted by Crippen LogP contribution is 2.22. The van der Waals surface area contributed by atoms with E-state index >= 15 is 0 Å². The lowest BCUT2D eigenvalue weighted by Crippen LogP contribution is -2.48. The second kappa shape index (κ2) is 5.75. The number of hydrogen-bond donors (Lipinski definition) is 1. The van der Waals surface area contributed by atoms with E-state index in [0.717, 1.165) is 18.7 Å². The summed E-state index contributed by atoms with van der Waals surface area (Å²) in [6.45, 7) is 9.07. The maximum absolute atomic E-state index is 12.2. The van der Waals surface area contributed by atoms with Gasteiger partial charge in [-0.3, -0.25) is 9.59 Å². The van der Waals surface area contributed by atoms with Crippen molar-refractivity contribution in [2.45, 2.75) is 26.2 Å². The number of nitrogens with one attached hydrogen (secondary N) is 1. The van der Waals surface area contributed by atoms with Crippen molar-refractivity contribution in [3.05, 3.63) is 35.4 Å². The van der Waals surface area contributed by atoms with E-state index in [1.165, 1.54) is 0 Å². The van der Waals surface area contributed by atoms with Gasteiger partial charge in [0.1, 0.15) is 0 Å². The monoisotopic (exact) mass is 274 g/mol. The largest absolute Gasteiger partial charge is 0.333 e. The van der Waals surface area contributed by atoms with Crippen LogP contribution in [0.4, 0.5) is 0 Å². The molecule has 0 atom stereocenters. The topological polar surface area (TPSA) is 49.4 Å². The minimum absolute atomic E-state index is 0.0458. The van der Waals surface area contributed by atoms with Gasteiger partial charge in [0.2, 0.25) is 5.78 Å². The fourth-order valence-electron chi connectivity index (χ4n) is 2.26. The van der Waals surface area contributed by atoms with Crippen LogP contribution >= 0.6 is 0 Å². The molecule has 4 heteroatoms. The lowest BCUT2D eigenvalue weighted by molar-refractivity contribution is -0.126. The third kappa shape index (κ3) is 3.25. The Kier molecular flexibility index (Phi) is 4.23. The van der Waals surface area contributed by atoms with E-state index in [4.69, 9.17) is 0 Å². The van der Waals surface area contributed by atoms with E-state index in [1.54, 1.807) is 17.0 Å². The first-order valence-corrected chi connectivity index (χ1v) is 7.04. The predicted octanol–water partition coefficient (Wildman–Crippen LogP) is 1.60. The minimum atomic E-state index is -0.410. The number of nitrogens with zero attached hydrogens (tertiary/aromatic N) is 1. The number of ketones is 1. The lowest BCUT2D eigenvalue weighted by atomic mass is 9.86. The minimum Gasteiger partial charge on any atom is -0.333 e. The molecule has 0 spiro atoms. The zero-order chi connectivity index (χ0) is 14.8. The second-order valence-electron chi connectivity index (χ2n) is 6.20. The van der Waals surface area contributed by atoms with Gasteiger partial charge in [-0.15, -0.1) is 0 Å². The van der Waals surface area contributed by atoms with Gasteiger partial charge in [0.15, 0.2) is 0 Å². The molecule has 0 radical (unpaired) electrons. The van der Waals surface area contributed by atoms with Gasteiger partial charge in [-0.1, -0.05) is 45.0 Å². The molecule has 20 heavy (non-hydrogen) atoms. The standard InChI is InChI=1S/C16H22N2O2/c1-16(2,3)13-6-4-12(5-7-13)14(19)15(20)18-10-8-17-9-11-18/h4-7,17H,8-11H2,1-3H3. The van der Waals surface area contributed by atoms with Crippen molar-refractivity contribution in [1.82, 2.24) is 10.2 Å². The molecule has 0 aliphatic carbocycles. The summed E-state index contributed by atoms with van der Waals surface area (Å²) < 4.78 is 0. The summed E-state index contributed by atoms with van der Waals surface area (Å²) in [6, 6.07) is 7.36. The quantitative estimate of drug-likeness (QED) is 0.658. The molecule has 0 unspecified atom stereocenters. The fourth-order valence-corrected chi connectivity index (χ4v) is 2.26. The van der Waals surface area contributed by atoms with E-state index < -0.39 is 11.7 Å². The molecular formula is C16H22N2O2. The average Bonchev–Trinajstić information content (AvgIpc) is 2.46. The first-order valence-electron chi connectivity index (χ1n) is 7.04. The van der Waals surface area contributed by atoms with Gasteiger partial charge in [0.05, 0.1) is 0 Å². The highest BCUT2D eigenvalue weighted by Gasteiger charge is 2.24. The molecule has 1 amide bonds. The molecule has 108 valence electrons. The summed E-state index contributed by atoms with van der Waals surface area (Å²) in [4.78, 5) is 25.9. The third-order valence-corrected chi connectivity index (χ3v) is 3.61. The highest BCUT2D eigenvalue weighted by molar-refractivity contribution is 6.42. The Bertz CT molecular complexity index is 494. The zero-order valence-corrected chi connectivity index (χ0v) is 12.4. The summed E-state index contributed by atoms with van der Waals surface area (Å²) in [5.74, 6) is -0.803. The van der Waals surface area contributed by atoms with Crippen LogP contribution in [0.5, 0.6) is 0 Å². The molecule has 0 saturated carbocycles. The third-order valence-electron chi connectivity index (χ3n) is 3.61. The van der Waals surface area contributed by atoms with Crippen molar-refractivity contribution in [3.8, 4) is 0 Å². The van der Waals surface area contributed by atoms with Crippen molar-refractivity contribution < 1.29 is 9.59 Å². The molecule has 1 fully saturated rings. The van der Waals surface area contributed by atoms with Crippen molar-refractivity contribution in [3.63, 3.8) is 0 Å². The van der Waals surface area contributed by atoms with Gasteiger partial charge in [-0.2, -0.15) is 0 Å². The molecule has 4 nitrogen and oxygen atoms in total. The Balaban J connectivity index is 2.10. The molecule has 1 saturated heterocycles. The first kappa shape index (κ1) is 14.7. The maximum atomic E-state index is 12.2. The van der Waals surface area contributed by atoms with E-state index in [0.29, 0.717) is 18.7 Å². The lowest BCUT2D eigenvalue weighted by Gasteiger charge is -2.26. The van der Waals surface area contributed by atoms with Crippen molar-refractivity contribution in [2.75, 3.05) is 26.2 Å². The fraction of sp³-hybridized carbons (Fsp3) is 0.500. The van der Waals surface area contributed by atoms with Crippen LogP contribution in [0.2, 0.25) is 0 Å². The van der Waals surface area contributed by atoms with E-state index in [-0.39, 0.29) is 5.41 Å². The molecule has 2 rings (SSSR count). The number of hydrogen-bond acceptors (Lipinski definition) is 3. The molecule has 1 aromatic rings. The Hall–Kier alpha value is -1.68. The van der Waals surface area contributed by atoms with Crippen LogP contribution in [-0.4, -0.2) is 42.8 Å². The van der Waals surface area contributed by atoms with Crippen molar-refractivity contribution in [1.29, 1.82) is 0 Å². The van der Waals surface area contributed by atoms with Gasteiger partial charge in [0, 0.05) is 31.7 Å². The summed E-state index contributed by atoms with van der Waals surface area (Å²) in [7, 11) is 0. The molecular weight excluding hydrogens is 252 g/mol. The number of carbonyl (C=O) groups is 2. The number of rotatable bonds is 2. The predicted molar refractivity (Wildman–Crippen MR) is 78.9 cm³/mol. The average molecular weight is 274 g/mol. The van der Waals surface area contributed by atoms with Gasteiger partial charge in [-0.05, 0) is 11.0 Å². The Morgan fingerprint density at radius 2 is 1.60 bits per heavy atom. The Morgan fingerprint density at radius 1 is 1.05 bits per heavy atom. The Morgan fingerprint density at radius 3 is 2.10 bits per heavy atom. The summed E-state index contributed by atoms with van der Waals surface area (Å²) >= 11 is 0. The number of amides is 1. The van der Waals surface area contributed by atoms with Crippen LogP contribution in [0, 0.1) is 0 Å². The van der Waals surface area contributed by atoms with Crippen LogP contribution in [0.25, 0.3) is 0 Å². The molecule has 1 aromatic carbocycles. The van der Waals surface area contributed by atoms with Crippen LogP contribution < -0.4 is 5.32 Å². The molecule has 1 heterocycles. The molecule has 1 aliphatic heterocycles. The number of carbonyl (C=O) groups excluding carboxylic acids is 2. The van der Waals surface area contributed by atoms with Crippen LogP contribution in [0.15, 0.2) is 24.3 Å². The van der Waals surface area contributed by atoms with E-state index in [1.807, 2.05) is 12.1 Å². The number of piperazine rings is 1. The summed E-state index contributed by atoms with van der Waals surface area (Å²) in [5, 5.41) is 3.17. The number of Topliss-reactive ketones (excluding diaryl/α,β-unsaturated/α-hetero) is 1. The van der Waals surface area contributed by atoms with Crippen LogP contribution in [0.1, 0.15) is 36.7 Å².